The molecule has 5 heteroatoms. The highest BCUT2D eigenvalue weighted by molar-refractivity contribution is 7.86. The number of allylic oxidation sites excluding steroid dienone is 1. The second kappa shape index (κ2) is 11.1. The van der Waals surface area contributed by atoms with Crippen molar-refractivity contribution in [3.8, 4) is 0 Å². The summed E-state index contributed by atoms with van der Waals surface area (Å²) in [6.45, 7) is 11.7. The van der Waals surface area contributed by atoms with Crippen molar-refractivity contribution < 1.29 is 17.4 Å². The van der Waals surface area contributed by atoms with E-state index in [4.69, 9.17) is 4.18 Å². The zero-order valence-electron chi connectivity index (χ0n) is 24.8. The van der Waals surface area contributed by atoms with E-state index < -0.39 is 21.6 Å². The molecular formula is C34H50O4S. The molecule has 216 valence electrons. The molecule has 0 aliphatic heterocycles. The van der Waals surface area contributed by atoms with Crippen molar-refractivity contribution in [3.05, 3.63) is 41.5 Å². The lowest BCUT2D eigenvalue weighted by Gasteiger charge is -2.57. The van der Waals surface area contributed by atoms with Gasteiger partial charge in [-0.05, 0) is 111 Å². The van der Waals surface area contributed by atoms with E-state index in [9.17, 15) is 13.2 Å². The minimum Gasteiger partial charge on any atom is -0.302 e. The Kier molecular flexibility index (Phi) is 8.25. The van der Waals surface area contributed by atoms with Crippen LogP contribution in [0.4, 0.5) is 0 Å². The Morgan fingerprint density at radius 2 is 1.74 bits per heavy atom. The van der Waals surface area contributed by atoms with Gasteiger partial charge >= 0.3 is 0 Å². The number of aryl methyl sites for hydroxylation is 1. The minimum absolute atomic E-state index is 0.207. The molecule has 4 aliphatic rings. The fraction of sp³-hybridized carbons (Fsp3) is 0.735. The lowest BCUT2D eigenvalue weighted by molar-refractivity contribution is -0.126. The van der Waals surface area contributed by atoms with Crippen molar-refractivity contribution >= 4 is 16.4 Å². The van der Waals surface area contributed by atoms with Gasteiger partial charge in [-0.1, -0.05) is 76.3 Å². The average molecular weight is 555 g/mol. The molecule has 0 spiro atoms. The standard InChI is InChI=1S/C34H50O4S/c1-23(2)7-6-8-25(4)30-15-16-31-29-14-11-26-21-27(38-39(36,37)28-12-9-24(3)10-13-28)17-20-34(26,22-35)32(29)18-19-33(30,31)5/h9-13,22-23,25,27,29-32H,6-8,14-21H2,1-5H3/t25-,27?,29+,30-,31+,32+,33-,34-/m1/s1. The number of hydrogen-bond acceptors (Lipinski definition) is 4. The van der Waals surface area contributed by atoms with Gasteiger partial charge in [0.1, 0.15) is 6.29 Å². The van der Waals surface area contributed by atoms with E-state index in [1.807, 2.05) is 6.92 Å². The first-order valence-electron chi connectivity index (χ1n) is 15.7. The Balaban J connectivity index is 1.30. The molecule has 1 aromatic rings. The van der Waals surface area contributed by atoms with Crippen molar-refractivity contribution in [3.63, 3.8) is 0 Å². The fourth-order valence-electron chi connectivity index (χ4n) is 9.60. The predicted molar refractivity (Wildman–Crippen MR) is 157 cm³/mol. The largest absolute Gasteiger partial charge is 0.302 e. The van der Waals surface area contributed by atoms with Gasteiger partial charge in [0.25, 0.3) is 10.1 Å². The van der Waals surface area contributed by atoms with Crippen LogP contribution >= 0.6 is 0 Å². The smallest absolute Gasteiger partial charge is 0.297 e. The third-order valence-electron chi connectivity index (χ3n) is 11.6. The topological polar surface area (TPSA) is 60.4 Å². The molecule has 0 saturated heterocycles. The summed E-state index contributed by atoms with van der Waals surface area (Å²) in [6.07, 6.45) is 15.1. The number of aldehydes is 1. The summed E-state index contributed by atoms with van der Waals surface area (Å²) in [4.78, 5) is 13.1. The summed E-state index contributed by atoms with van der Waals surface area (Å²) in [5.41, 5.74) is 2.12. The Labute approximate surface area is 237 Å². The number of carbonyl (C=O) groups is 1. The molecule has 0 aromatic heterocycles. The first kappa shape index (κ1) is 29.0. The molecular weight excluding hydrogens is 504 g/mol. The van der Waals surface area contributed by atoms with Crippen LogP contribution in [-0.4, -0.2) is 20.8 Å². The van der Waals surface area contributed by atoms with Gasteiger partial charge < -0.3 is 4.79 Å². The molecule has 0 heterocycles. The van der Waals surface area contributed by atoms with Gasteiger partial charge in [0.15, 0.2) is 0 Å². The van der Waals surface area contributed by atoms with Gasteiger partial charge in [-0.25, -0.2) is 0 Å². The van der Waals surface area contributed by atoms with E-state index >= 15 is 0 Å². The molecule has 3 fully saturated rings. The van der Waals surface area contributed by atoms with Crippen LogP contribution < -0.4 is 0 Å². The van der Waals surface area contributed by atoms with Crippen LogP contribution in [0, 0.1) is 53.3 Å². The molecule has 3 saturated carbocycles. The van der Waals surface area contributed by atoms with Gasteiger partial charge in [0, 0.05) is 0 Å². The zero-order chi connectivity index (χ0) is 28.0. The van der Waals surface area contributed by atoms with Crippen molar-refractivity contribution in [2.45, 2.75) is 116 Å². The second-order valence-corrected chi connectivity index (χ2v) is 15.8. The van der Waals surface area contributed by atoms with E-state index in [0.29, 0.717) is 42.4 Å². The number of hydrogen-bond donors (Lipinski definition) is 0. The summed E-state index contributed by atoms with van der Waals surface area (Å²) >= 11 is 0. The van der Waals surface area contributed by atoms with Crippen LogP contribution in [0.5, 0.6) is 0 Å². The summed E-state index contributed by atoms with van der Waals surface area (Å²) in [6, 6.07) is 6.84. The number of rotatable bonds is 9. The van der Waals surface area contributed by atoms with Crippen LogP contribution in [-0.2, 0) is 19.1 Å². The summed E-state index contributed by atoms with van der Waals surface area (Å²) < 4.78 is 31.7. The maximum absolute atomic E-state index is 13.0. The lowest BCUT2D eigenvalue weighted by atomic mass is 9.46. The average Bonchev–Trinajstić information content (AvgIpc) is 3.25. The molecule has 0 bridgehead atoms. The van der Waals surface area contributed by atoms with Crippen molar-refractivity contribution in [1.29, 1.82) is 0 Å². The Hall–Kier alpha value is -1.46. The molecule has 4 nitrogen and oxygen atoms in total. The van der Waals surface area contributed by atoms with Gasteiger partial charge in [0.05, 0.1) is 16.4 Å². The highest BCUT2D eigenvalue weighted by atomic mass is 32.2. The fourth-order valence-corrected chi connectivity index (χ4v) is 10.7. The summed E-state index contributed by atoms with van der Waals surface area (Å²) in [5, 5.41) is 0. The minimum atomic E-state index is -3.83. The third-order valence-corrected chi connectivity index (χ3v) is 13.0. The lowest BCUT2D eigenvalue weighted by Crippen LogP contribution is -2.52. The summed E-state index contributed by atoms with van der Waals surface area (Å²) in [7, 11) is -3.83. The molecule has 4 aliphatic carbocycles. The predicted octanol–water partition coefficient (Wildman–Crippen LogP) is 8.29. The number of fused-ring (bicyclic) bond motifs is 5. The van der Waals surface area contributed by atoms with Crippen LogP contribution in [0.1, 0.15) is 104 Å². The van der Waals surface area contributed by atoms with E-state index in [0.717, 1.165) is 41.7 Å². The Morgan fingerprint density at radius 3 is 2.44 bits per heavy atom. The molecule has 1 aromatic carbocycles. The third kappa shape index (κ3) is 5.32. The van der Waals surface area contributed by atoms with E-state index in [1.165, 1.54) is 44.8 Å². The van der Waals surface area contributed by atoms with Gasteiger partial charge in [-0.15, -0.1) is 0 Å². The molecule has 39 heavy (non-hydrogen) atoms. The zero-order valence-corrected chi connectivity index (χ0v) is 25.6. The van der Waals surface area contributed by atoms with Gasteiger partial charge in [0.2, 0.25) is 0 Å². The van der Waals surface area contributed by atoms with Crippen LogP contribution in [0.3, 0.4) is 0 Å². The first-order chi connectivity index (χ1) is 18.5. The Morgan fingerprint density at radius 1 is 1.00 bits per heavy atom. The maximum Gasteiger partial charge on any atom is 0.297 e. The second-order valence-electron chi connectivity index (χ2n) is 14.3. The SMILES string of the molecule is Cc1ccc(S(=O)(=O)OC2CC[C@@]3(C=O)C(=CC[C@H]4[C@@H]5CC[C@H]([C@H](C)CCCC(C)C)[C@@]5(C)CC[C@@H]43)C2)cc1. The molecule has 0 amide bonds. The Bertz CT molecular complexity index is 1170. The van der Waals surface area contributed by atoms with Gasteiger partial charge in [-0.2, -0.15) is 8.42 Å². The van der Waals surface area contributed by atoms with Crippen LogP contribution in [0.2, 0.25) is 0 Å². The normalized spacial score (nSPS) is 37.0. The van der Waals surface area contributed by atoms with Gasteiger partial charge in [-0.3, -0.25) is 4.18 Å². The number of carbonyl (C=O) groups excluding carboxylic acids is 1. The monoisotopic (exact) mass is 554 g/mol. The quantitative estimate of drug-likeness (QED) is 0.175. The van der Waals surface area contributed by atoms with Crippen LogP contribution in [0.15, 0.2) is 40.8 Å². The molecule has 1 unspecified atom stereocenters. The van der Waals surface area contributed by atoms with Crippen molar-refractivity contribution in [2.24, 2.45) is 46.3 Å². The maximum atomic E-state index is 13.0. The highest BCUT2D eigenvalue weighted by Crippen LogP contribution is 2.67. The highest BCUT2D eigenvalue weighted by Gasteiger charge is 2.60. The van der Waals surface area contributed by atoms with Crippen molar-refractivity contribution in [2.75, 3.05) is 0 Å². The molecule has 8 atom stereocenters. The van der Waals surface area contributed by atoms with E-state index in [2.05, 4.69) is 33.8 Å². The van der Waals surface area contributed by atoms with Crippen LogP contribution in [0.25, 0.3) is 0 Å². The molecule has 0 radical (unpaired) electrons. The van der Waals surface area contributed by atoms with E-state index in [1.54, 1.807) is 24.3 Å². The van der Waals surface area contributed by atoms with E-state index in [-0.39, 0.29) is 4.90 Å². The van der Waals surface area contributed by atoms with Crippen molar-refractivity contribution in [1.82, 2.24) is 0 Å². The molecule has 0 N–H and O–H groups in total. The first-order valence-corrected chi connectivity index (χ1v) is 17.1. The molecule has 5 rings (SSSR count). The summed E-state index contributed by atoms with van der Waals surface area (Å²) in [5.74, 6) is 4.00. The number of benzene rings is 1.